The molecule has 112 valence electrons. The molecular formula is C15H23ClN2O2. The van der Waals surface area contributed by atoms with Crippen molar-refractivity contribution in [3.8, 4) is 0 Å². The Hall–Kier alpha value is -1.10. The van der Waals surface area contributed by atoms with Crippen LogP contribution in [0.1, 0.15) is 26.3 Å². The molecule has 1 rings (SSSR count). The molecule has 20 heavy (non-hydrogen) atoms. The molecule has 0 fully saturated rings. The third-order valence-electron chi connectivity index (χ3n) is 3.65. The van der Waals surface area contributed by atoms with Gasteiger partial charge in [0.25, 0.3) is 0 Å². The van der Waals surface area contributed by atoms with E-state index in [9.17, 15) is 9.90 Å². The first kappa shape index (κ1) is 17.0. The molecule has 0 saturated carbocycles. The molecule has 0 bridgehead atoms. The number of likely N-dealkylation sites (N-methyl/N-ethyl adjacent to an activating group) is 1. The van der Waals surface area contributed by atoms with Crippen molar-refractivity contribution in [1.82, 2.24) is 10.2 Å². The van der Waals surface area contributed by atoms with Crippen molar-refractivity contribution >= 4 is 17.6 Å². The second-order valence-corrected chi connectivity index (χ2v) is 5.33. The lowest BCUT2D eigenvalue weighted by atomic mass is 9.92. The molecule has 1 unspecified atom stereocenters. The number of nitrogens with one attached hydrogen (secondary N) is 1. The monoisotopic (exact) mass is 298 g/mol. The van der Waals surface area contributed by atoms with Crippen molar-refractivity contribution in [2.75, 3.05) is 26.2 Å². The summed E-state index contributed by atoms with van der Waals surface area (Å²) < 4.78 is 0. The van der Waals surface area contributed by atoms with Gasteiger partial charge in [0.15, 0.2) is 0 Å². The number of rotatable bonds is 8. The minimum atomic E-state index is -1.10. The summed E-state index contributed by atoms with van der Waals surface area (Å²) in [5, 5.41) is 13.3. The second-order valence-electron chi connectivity index (χ2n) is 4.89. The Kier molecular flexibility index (Phi) is 6.46. The predicted octanol–water partition coefficient (Wildman–Crippen LogP) is 2.57. The molecule has 0 saturated heterocycles. The Morgan fingerprint density at radius 1 is 1.30 bits per heavy atom. The Morgan fingerprint density at radius 3 is 2.30 bits per heavy atom. The number of carboxylic acid groups (broad SMARTS) is 1. The molecule has 0 heterocycles. The Labute approximate surface area is 125 Å². The lowest BCUT2D eigenvalue weighted by Crippen LogP contribution is -2.49. The van der Waals surface area contributed by atoms with Gasteiger partial charge in [0.2, 0.25) is 0 Å². The standard InChI is InChI=1S/C15H23ClN2O2/c1-4-18(5-2)11-10-17-15(3,14(19)20)12-6-8-13(16)9-7-12/h6-9,17H,4-5,10-11H2,1-3H3,(H,19,20). The van der Waals surface area contributed by atoms with E-state index in [-0.39, 0.29) is 0 Å². The molecule has 0 aliphatic carbocycles. The zero-order valence-electron chi connectivity index (χ0n) is 12.3. The van der Waals surface area contributed by atoms with Gasteiger partial charge < -0.3 is 10.0 Å². The van der Waals surface area contributed by atoms with Gasteiger partial charge in [-0.3, -0.25) is 5.32 Å². The quantitative estimate of drug-likeness (QED) is 0.774. The molecule has 0 radical (unpaired) electrons. The number of carbonyl (C=O) groups is 1. The zero-order chi connectivity index (χ0) is 15.2. The van der Waals surface area contributed by atoms with Gasteiger partial charge in [-0.05, 0) is 37.7 Å². The van der Waals surface area contributed by atoms with E-state index in [0.29, 0.717) is 17.1 Å². The Balaban J connectivity index is 2.77. The topological polar surface area (TPSA) is 52.6 Å². The van der Waals surface area contributed by atoms with Crippen molar-refractivity contribution in [2.45, 2.75) is 26.3 Å². The highest BCUT2D eigenvalue weighted by atomic mass is 35.5. The van der Waals surface area contributed by atoms with Gasteiger partial charge in [-0.15, -0.1) is 0 Å². The third-order valence-corrected chi connectivity index (χ3v) is 3.90. The third kappa shape index (κ3) is 4.20. The summed E-state index contributed by atoms with van der Waals surface area (Å²) in [5.74, 6) is -0.889. The van der Waals surface area contributed by atoms with Gasteiger partial charge in [-0.2, -0.15) is 0 Å². The molecule has 1 atom stereocenters. The molecule has 4 nitrogen and oxygen atoms in total. The van der Waals surface area contributed by atoms with Crippen molar-refractivity contribution < 1.29 is 9.90 Å². The van der Waals surface area contributed by atoms with Crippen molar-refractivity contribution in [3.63, 3.8) is 0 Å². The largest absolute Gasteiger partial charge is 0.480 e. The maximum atomic E-state index is 11.6. The van der Waals surface area contributed by atoms with E-state index in [1.807, 2.05) is 0 Å². The molecule has 0 aliphatic heterocycles. The van der Waals surface area contributed by atoms with Crippen LogP contribution in [0.3, 0.4) is 0 Å². The number of hydrogen-bond donors (Lipinski definition) is 2. The van der Waals surface area contributed by atoms with E-state index in [1.165, 1.54) is 0 Å². The minimum absolute atomic E-state index is 0.602. The average Bonchev–Trinajstić information content (AvgIpc) is 2.44. The van der Waals surface area contributed by atoms with Gasteiger partial charge in [0, 0.05) is 18.1 Å². The number of benzene rings is 1. The fourth-order valence-corrected chi connectivity index (χ4v) is 2.21. The number of carboxylic acids is 1. The van der Waals surface area contributed by atoms with Gasteiger partial charge in [0.1, 0.15) is 5.54 Å². The molecule has 1 aromatic rings. The average molecular weight is 299 g/mol. The zero-order valence-corrected chi connectivity index (χ0v) is 13.1. The Bertz CT molecular complexity index is 432. The molecule has 1 aromatic carbocycles. The number of aliphatic carboxylic acids is 1. The van der Waals surface area contributed by atoms with Crippen molar-refractivity contribution in [3.05, 3.63) is 34.9 Å². The van der Waals surface area contributed by atoms with Gasteiger partial charge in [-0.1, -0.05) is 37.6 Å². The molecule has 2 N–H and O–H groups in total. The van der Waals surface area contributed by atoms with Crippen LogP contribution in [-0.4, -0.2) is 42.2 Å². The molecule has 5 heteroatoms. The lowest BCUT2D eigenvalue weighted by Gasteiger charge is -2.28. The first-order valence-corrected chi connectivity index (χ1v) is 7.28. The molecular weight excluding hydrogens is 276 g/mol. The molecule has 0 amide bonds. The van der Waals surface area contributed by atoms with Crippen LogP contribution in [0.25, 0.3) is 0 Å². The van der Waals surface area contributed by atoms with Crippen LogP contribution < -0.4 is 5.32 Å². The summed E-state index contributed by atoms with van der Waals surface area (Å²) in [7, 11) is 0. The molecule has 0 aliphatic rings. The highest BCUT2D eigenvalue weighted by Gasteiger charge is 2.34. The van der Waals surface area contributed by atoms with Gasteiger partial charge in [-0.25, -0.2) is 4.79 Å². The first-order valence-electron chi connectivity index (χ1n) is 6.90. The van der Waals surface area contributed by atoms with E-state index in [1.54, 1.807) is 31.2 Å². The second kappa shape index (κ2) is 7.62. The normalized spacial score (nSPS) is 14.2. The van der Waals surface area contributed by atoms with E-state index in [2.05, 4.69) is 24.1 Å². The van der Waals surface area contributed by atoms with Crippen molar-refractivity contribution in [2.24, 2.45) is 0 Å². The SMILES string of the molecule is CCN(CC)CCNC(C)(C(=O)O)c1ccc(Cl)cc1. The summed E-state index contributed by atoms with van der Waals surface area (Å²) in [6.07, 6.45) is 0. The highest BCUT2D eigenvalue weighted by molar-refractivity contribution is 6.30. The maximum Gasteiger partial charge on any atom is 0.328 e. The maximum absolute atomic E-state index is 11.6. The van der Waals surface area contributed by atoms with Crippen LogP contribution in [0.4, 0.5) is 0 Å². The van der Waals surface area contributed by atoms with Crippen molar-refractivity contribution in [1.29, 1.82) is 0 Å². The van der Waals surface area contributed by atoms with Crippen LogP contribution in [-0.2, 0) is 10.3 Å². The van der Waals surface area contributed by atoms with Crippen LogP contribution in [0.5, 0.6) is 0 Å². The lowest BCUT2D eigenvalue weighted by molar-refractivity contribution is -0.144. The van der Waals surface area contributed by atoms with Gasteiger partial charge >= 0.3 is 5.97 Å². The predicted molar refractivity (Wildman–Crippen MR) is 82.2 cm³/mol. The molecule has 0 spiro atoms. The van der Waals surface area contributed by atoms with E-state index >= 15 is 0 Å². The number of hydrogen-bond acceptors (Lipinski definition) is 3. The summed E-state index contributed by atoms with van der Waals surface area (Å²) in [6.45, 7) is 9.24. The van der Waals surface area contributed by atoms with E-state index in [0.717, 1.165) is 19.6 Å². The Morgan fingerprint density at radius 2 is 1.85 bits per heavy atom. The van der Waals surface area contributed by atoms with Crippen LogP contribution in [0.2, 0.25) is 5.02 Å². The summed E-state index contributed by atoms with van der Waals surface area (Å²) in [6, 6.07) is 6.93. The highest BCUT2D eigenvalue weighted by Crippen LogP contribution is 2.22. The number of nitrogens with zero attached hydrogens (tertiary/aromatic N) is 1. The summed E-state index contributed by atoms with van der Waals surface area (Å²) in [5.41, 5.74) is -0.397. The van der Waals surface area contributed by atoms with E-state index in [4.69, 9.17) is 11.6 Å². The van der Waals surface area contributed by atoms with Crippen LogP contribution in [0.15, 0.2) is 24.3 Å². The summed E-state index contributed by atoms with van der Waals surface area (Å²) >= 11 is 5.85. The minimum Gasteiger partial charge on any atom is -0.480 e. The first-order chi connectivity index (χ1) is 9.43. The fraction of sp³-hybridized carbons (Fsp3) is 0.533. The fourth-order valence-electron chi connectivity index (χ4n) is 2.09. The van der Waals surface area contributed by atoms with Gasteiger partial charge in [0.05, 0.1) is 0 Å². The van der Waals surface area contributed by atoms with Crippen LogP contribution in [0, 0.1) is 0 Å². The summed E-state index contributed by atoms with van der Waals surface area (Å²) in [4.78, 5) is 13.9. The van der Waals surface area contributed by atoms with Crippen LogP contribution >= 0.6 is 11.6 Å². The molecule has 0 aromatic heterocycles. The van der Waals surface area contributed by atoms with E-state index < -0.39 is 11.5 Å². The smallest absolute Gasteiger partial charge is 0.328 e. The number of halogens is 1.